The Kier molecular flexibility index (Phi) is 5.50. The SMILES string of the molecule is CC(C(=O)O)(C(=O)OCc1ccccc1)C(N)CBr. The number of carboxylic acid groups (broad SMARTS) is 1. The summed E-state index contributed by atoms with van der Waals surface area (Å²) in [6.45, 7) is 1.30. The summed E-state index contributed by atoms with van der Waals surface area (Å²) >= 11 is 3.09. The molecule has 0 fully saturated rings. The molecule has 0 amide bonds. The number of hydrogen-bond acceptors (Lipinski definition) is 4. The summed E-state index contributed by atoms with van der Waals surface area (Å²) in [6, 6.07) is 8.17. The number of halogens is 1. The maximum atomic E-state index is 12.0. The third kappa shape index (κ3) is 3.54. The number of rotatable bonds is 6. The topological polar surface area (TPSA) is 89.6 Å². The largest absolute Gasteiger partial charge is 0.480 e. The fourth-order valence-corrected chi connectivity index (χ4v) is 2.07. The summed E-state index contributed by atoms with van der Waals surface area (Å²) in [7, 11) is 0. The maximum absolute atomic E-state index is 12.0. The molecule has 0 aliphatic rings. The van der Waals surface area contributed by atoms with Crippen LogP contribution in [0.5, 0.6) is 0 Å². The van der Waals surface area contributed by atoms with E-state index < -0.39 is 23.4 Å². The van der Waals surface area contributed by atoms with E-state index in [0.717, 1.165) is 5.56 Å². The van der Waals surface area contributed by atoms with Crippen LogP contribution in [0.15, 0.2) is 30.3 Å². The van der Waals surface area contributed by atoms with E-state index in [2.05, 4.69) is 15.9 Å². The molecular weight excluding hydrogens is 314 g/mol. The number of alkyl halides is 1. The zero-order valence-corrected chi connectivity index (χ0v) is 12.1. The quantitative estimate of drug-likeness (QED) is 0.469. The first kappa shape index (κ1) is 15.7. The van der Waals surface area contributed by atoms with E-state index in [-0.39, 0.29) is 11.9 Å². The van der Waals surface area contributed by atoms with E-state index in [1.807, 2.05) is 18.2 Å². The van der Waals surface area contributed by atoms with Crippen LogP contribution in [0, 0.1) is 5.41 Å². The van der Waals surface area contributed by atoms with Gasteiger partial charge in [-0.3, -0.25) is 9.59 Å². The fraction of sp³-hybridized carbons (Fsp3) is 0.385. The van der Waals surface area contributed by atoms with Crippen molar-refractivity contribution in [1.29, 1.82) is 0 Å². The predicted molar refractivity (Wildman–Crippen MR) is 73.8 cm³/mol. The lowest BCUT2D eigenvalue weighted by atomic mass is 9.84. The number of hydrogen-bond donors (Lipinski definition) is 2. The number of nitrogens with two attached hydrogens (primary N) is 1. The smallest absolute Gasteiger partial charge is 0.325 e. The van der Waals surface area contributed by atoms with E-state index in [4.69, 9.17) is 10.5 Å². The van der Waals surface area contributed by atoms with Crippen molar-refractivity contribution in [3.63, 3.8) is 0 Å². The molecule has 0 heterocycles. The summed E-state index contributed by atoms with van der Waals surface area (Å²) in [6.07, 6.45) is 0. The second-order valence-electron chi connectivity index (χ2n) is 4.33. The van der Waals surface area contributed by atoms with Gasteiger partial charge >= 0.3 is 11.9 Å². The lowest BCUT2D eigenvalue weighted by Crippen LogP contribution is -2.52. The maximum Gasteiger partial charge on any atom is 0.325 e. The van der Waals surface area contributed by atoms with Gasteiger partial charge in [0.25, 0.3) is 0 Å². The Bertz CT molecular complexity index is 451. The Morgan fingerprint density at radius 3 is 2.47 bits per heavy atom. The zero-order valence-electron chi connectivity index (χ0n) is 10.5. The first-order valence-electron chi connectivity index (χ1n) is 5.69. The molecule has 0 aromatic heterocycles. The monoisotopic (exact) mass is 329 g/mol. The number of ether oxygens (including phenoxy) is 1. The zero-order chi connectivity index (χ0) is 14.5. The van der Waals surface area contributed by atoms with Crippen molar-refractivity contribution >= 4 is 27.9 Å². The molecule has 1 aromatic rings. The van der Waals surface area contributed by atoms with Crippen molar-refractivity contribution in [2.45, 2.75) is 19.6 Å². The summed E-state index contributed by atoms with van der Waals surface area (Å²) in [5.41, 5.74) is 4.72. The average molecular weight is 330 g/mol. The Hall–Kier alpha value is -1.40. The fourth-order valence-electron chi connectivity index (χ4n) is 1.42. The van der Waals surface area contributed by atoms with Crippen LogP contribution in [0.2, 0.25) is 0 Å². The van der Waals surface area contributed by atoms with Crippen molar-refractivity contribution in [3.05, 3.63) is 35.9 Å². The highest BCUT2D eigenvalue weighted by molar-refractivity contribution is 9.09. The minimum atomic E-state index is -1.77. The average Bonchev–Trinajstić information content (AvgIpc) is 2.43. The third-order valence-corrected chi connectivity index (χ3v) is 3.69. The van der Waals surface area contributed by atoms with Crippen LogP contribution >= 0.6 is 15.9 Å². The molecule has 0 saturated heterocycles. The molecule has 3 N–H and O–H groups in total. The van der Waals surface area contributed by atoms with E-state index in [1.165, 1.54) is 6.92 Å². The second-order valence-corrected chi connectivity index (χ2v) is 4.98. The summed E-state index contributed by atoms with van der Waals surface area (Å²) in [5, 5.41) is 9.39. The van der Waals surface area contributed by atoms with Crippen molar-refractivity contribution in [2.24, 2.45) is 11.1 Å². The lowest BCUT2D eigenvalue weighted by Gasteiger charge is -2.27. The molecule has 0 aliphatic heterocycles. The standard InChI is InChI=1S/C13H16BrNO4/c1-13(11(16)17,10(15)7-14)12(18)19-8-9-5-3-2-4-6-9/h2-6,10H,7-8,15H2,1H3,(H,16,17). The number of benzene rings is 1. The molecule has 104 valence electrons. The Morgan fingerprint density at radius 2 is 2.00 bits per heavy atom. The van der Waals surface area contributed by atoms with Gasteiger partial charge in [0.2, 0.25) is 0 Å². The van der Waals surface area contributed by atoms with Gasteiger partial charge in [0.15, 0.2) is 5.41 Å². The molecule has 0 spiro atoms. The molecule has 2 unspecified atom stereocenters. The number of esters is 1. The molecule has 0 saturated carbocycles. The molecule has 2 atom stereocenters. The molecule has 1 aromatic carbocycles. The molecule has 0 aliphatic carbocycles. The highest BCUT2D eigenvalue weighted by atomic mass is 79.9. The van der Waals surface area contributed by atoms with Crippen LogP contribution in [-0.4, -0.2) is 28.4 Å². The van der Waals surface area contributed by atoms with Gasteiger partial charge in [0, 0.05) is 11.4 Å². The minimum absolute atomic E-state index is 0.0253. The van der Waals surface area contributed by atoms with Crippen molar-refractivity contribution in [3.8, 4) is 0 Å². The van der Waals surface area contributed by atoms with Gasteiger partial charge in [-0.25, -0.2) is 0 Å². The van der Waals surface area contributed by atoms with E-state index in [9.17, 15) is 14.7 Å². The minimum Gasteiger partial charge on any atom is -0.480 e. The number of carboxylic acids is 1. The van der Waals surface area contributed by atoms with Crippen LogP contribution in [0.4, 0.5) is 0 Å². The normalized spacial score (nSPS) is 15.3. The Balaban J connectivity index is 2.77. The van der Waals surface area contributed by atoms with E-state index in [1.54, 1.807) is 12.1 Å². The van der Waals surface area contributed by atoms with Crippen molar-refractivity contribution in [1.82, 2.24) is 0 Å². The van der Waals surface area contributed by atoms with Crippen LogP contribution < -0.4 is 5.73 Å². The molecule has 1 rings (SSSR count). The number of carbonyl (C=O) groups is 2. The van der Waals surface area contributed by atoms with Crippen molar-refractivity contribution < 1.29 is 19.4 Å². The van der Waals surface area contributed by atoms with Gasteiger partial charge in [0.05, 0.1) is 0 Å². The highest BCUT2D eigenvalue weighted by Crippen LogP contribution is 2.24. The Morgan fingerprint density at radius 1 is 1.42 bits per heavy atom. The molecule has 19 heavy (non-hydrogen) atoms. The molecule has 6 heteroatoms. The van der Waals surface area contributed by atoms with E-state index >= 15 is 0 Å². The summed E-state index contributed by atoms with van der Waals surface area (Å²) in [5.74, 6) is -2.13. The molecule has 5 nitrogen and oxygen atoms in total. The molecular formula is C13H16BrNO4. The number of carbonyl (C=O) groups excluding carboxylic acids is 1. The molecule has 0 bridgehead atoms. The Labute approximate surface area is 119 Å². The van der Waals surface area contributed by atoms with Gasteiger partial charge in [0.1, 0.15) is 6.61 Å². The third-order valence-electron chi connectivity index (χ3n) is 2.99. The second kappa shape index (κ2) is 6.68. The van der Waals surface area contributed by atoms with Gasteiger partial charge in [-0.05, 0) is 12.5 Å². The lowest BCUT2D eigenvalue weighted by molar-refractivity contribution is -0.169. The number of aliphatic carboxylic acids is 1. The van der Waals surface area contributed by atoms with Gasteiger partial charge in [-0.2, -0.15) is 0 Å². The summed E-state index contributed by atoms with van der Waals surface area (Å²) in [4.78, 5) is 23.2. The van der Waals surface area contributed by atoms with Crippen LogP contribution in [0.25, 0.3) is 0 Å². The van der Waals surface area contributed by atoms with Crippen molar-refractivity contribution in [2.75, 3.05) is 5.33 Å². The summed E-state index contributed by atoms with van der Waals surface area (Å²) < 4.78 is 5.06. The van der Waals surface area contributed by atoms with Crippen LogP contribution in [0.1, 0.15) is 12.5 Å². The first-order valence-corrected chi connectivity index (χ1v) is 6.81. The first-order chi connectivity index (χ1) is 8.92. The highest BCUT2D eigenvalue weighted by Gasteiger charge is 2.48. The van der Waals surface area contributed by atoms with Gasteiger partial charge in [-0.15, -0.1) is 0 Å². The van der Waals surface area contributed by atoms with E-state index in [0.29, 0.717) is 0 Å². The van der Waals surface area contributed by atoms with Gasteiger partial charge < -0.3 is 15.6 Å². The van der Waals surface area contributed by atoms with Crippen LogP contribution in [0.3, 0.4) is 0 Å². The van der Waals surface area contributed by atoms with Gasteiger partial charge in [-0.1, -0.05) is 46.3 Å². The molecule has 0 radical (unpaired) electrons. The van der Waals surface area contributed by atoms with Crippen LogP contribution in [-0.2, 0) is 20.9 Å². The predicted octanol–water partition coefficient (Wildman–Crippen LogP) is 1.54.